The predicted molar refractivity (Wildman–Crippen MR) is 130 cm³/mol. The van der Waals surface area contributed by atoms with E-state index in [0.29, 0.717) is 11.5 Å². The van der Waals surface area contributed by atoms with Gasteiger partial charge in [0.2, 0.25) is 0 Å². The van der Waals surface area contributed by atoms with Crippen molar-refractivity contribution in [3.05, 3.63) is 23.8 Å². The highest BCUT2D eigenvalue weighted by molar-refractivity contribution is 5.63. The van der Waals surface area contributed by atoms with Crippen molar-refractivity contribution in [3.63, 3.8) is 0 Å². The Morgan fingerprint density at radius 2 is 1.55 bits per heavy atom. The number of benzene rings is 1. The zero-order chi connectivity index (χ0) is 21.1. The second kappa shape index (κ2) is 9.70. The van der Waals surface area contributed by atoms with Gasteiger partial charge < -0.3 is 19.9 Å². The van der Waals surface area contributed by atoms with Crippen LogP contribution in [0.2, 0.25) is 0 Å². The molecule has 1 aromatic carbocycles. The van der Waals surface area contributed by atoms with E-state index in [9.17, 15) is 0 Å². The molecule has 2 aliphatic heterocycles. The average Bonchev–Trinajstić information content (AvgIpc) is 2.85. The summed E-state index contributed by atoms with van der Waals surface area (Å²) in [6.07, 6.45) is 15.9. The van der Waals surface area contributed by atoms with Crippen LogP contribution in [0.1, 0.15) is 82.1 Å². The standard InChI is InChI=1S/C27H43N3O/c1-31-24-9-17-29(18-10-24)23-5-6-26(30-19-15-28-16-20-30)25(21-23)22-7-13-27(14-8-22)11-3-2-4-12-27/h5-6,21-22,24,28H,2-4,7-20H2,1H3. The van der Waals surface area contributed by atoms with Gasteiger partial charge in [-0.05, 0) is 86.5 Å². The number of nitrogens with one attached hydrogen (secondary N) is 1. The number of hydrogen-bond acceptors (Lipinski definition) is 4. The molecule has 4 heteroatoms. The van der Waals surface area contributed by atoms with Crippen LogP contribution in [0.15, 0.2) is 18.2 Å². The topological polar surface area (TPSA) is 27.7 Å². The predicted octanol–water partition coefficient (Wildman–Crippen LogP) is 5.32. The van der Waals surface area contributed by atoms with Gasteiger partial charge in [0.05, 0.1) is 6.10 Å². The van der Waals surface area contributed by atoms with Crippen molar-refractivity contribution in [2.24, 2.45) is 5.41 Å². The average molecular weight is 426 g/mol. The first-order chi connectivity index (χ1) is 15.3. The van der Waals surface area contributed by atoms with E-state index in [2.05, 4.69) is 33.3 Å². The van der Waals surface area contributed by atoms with E-state index in [4.69, 9.17) is 4.74 Å². The molecular formula is C27H43N3O. The van der Waals surface area contributed by atoms with Gasteiger partial charge in [-0.1, -0.05) is 19.3 Å². The van der Waals surface area contributed by atoms with Gasteiger partial charge in [0.15, 0.2) is 0 Å². The fourth-order valence-corrected chi connectivity index (χ4v) is 6.95. The Bertz CT molecular complexity index is 705. The number of nitrogens with zero attached hydrogens (tertiary/aromatic N) is 2. The molecular weight excluding hydrogens is 382 g/mol. The van der Waals surface area contributed by atoms with Crippen molar-refractivity contribution in [1.29, 1.82) is 0 Å². The molecule has 0 bridgehead atoms. The second-order valence-corrected chi connectivity index (χ2v) is 10.7. The number of piperidine rings is 1. The molecule has 0 radical (unpaired) electrons. The molecule has 2 heterocycles. The zero-order valence-electron chi connectivity index (χ0n) is 19.7. The van der Waals surface area contributed by atoms with Crippen LogP contribution in [0.4, 0.5) is 11.4 Å². The molecule has 0 unspecified atom stereocenters. The number of piperazine rings is 1. The van der Waals surface area contributed by atoms with Crippen molar-refractivity contribution in [1.82, 2.24) is 5.32 Å². The molecule has 31 heavy (non-hydrogen) atoms. The van der Waals surface area contributed by atoms with Gasteiger partial charge in [-0.15, -0.1) is 0 Å². The molecule has 172 valence electrons. The Morgan fingerprint density at radius 3 is 2.23 bits per heavy atom. The Balaban J connectivity index is 1.36. The van der Waals surface area contributed by atoms with E-state index in [0.717, 1.165) is 58.0 Å². The minimum Gasteiger partial charge on any atom is -0.381 e. The molecule has 4 aliphatic rings. The van der Waals surface area contributed by atoms with E-state index in [1.54, 1.807) is 5.56 Å². The first kappa shape index (κ1) is 21.6. The molecule has 1 aromatic rings. The Labute approximate surface area is 189 Å². The lowest BCUT2D eigenvalue weighted by Gasteiger charge is -2.44. The van der Waals surface area contributed by atoms with Gasteiger partial charge in [-0.2, -0.15) is 0 Å². The highest BCUT2D eigenvalue weighted by Gasteiger charge is 2.37. The van der Waals surface area contributed by atoms with E-state index in [1.165, 1.54) is 69.2 Å². The van der Waals surface area contributed by atoms with Crippen LogP contribution in [0.25, 0.3) is 0 Å². The molecule has 2 aliphatic carbocycles. The lowest BCUT2D eigenvalue weighted by Crippen LogP contribution is -2.44. The molecule has 2 saturated heterocycles. The van der Waals surface area contributed by atoms with Crippen molar-refractivity contribution in [2.45, 2.75) is 82.7 Å². The summed E-state index contributed by atoms with van der Waals surface area (Å²) in [6.45, 7) is 6.75. The van der Waals surface area contributed by atoms with E-state index >= 15 is 0 Å². The second-order valence-electron chi connectivity index (χ2n) is 10.7. The summed E-state index contributed by atoms with van der Waals surface area (Å²) < 4.78 is 5.61. The maximum absolute atomic E-state index is 5.61. The SMILES string of the molecule is COC1CCN(c2ccc(N3CCNCC3)c(C3CCC4(CCCCC4)CC3)c2)CC1. The van der Waals surface area contributed by atoms with E-state index < -0.39 is 0 Å². The van der Waals surface area contributed by atoms with Gasteiger partial charge in [0, 0.05) is 57.8 Å². The first-order valence-corrected chi connectivity index (χ1v) is 13.1. The highest BCUT2D eigenvalue weighted by Crippen LogP contribution is 2.52. The number of rotatable bonds is 4. The van der Waals surface area contributed by atoms with Crippen LogP contribution < -0.4 is 15.1 Å². The molecule has 4 nitrogen and oxygen atoms in total. The zero-order valence-corrected chi connectivity index (χ0v) is 19.7. The van der Waals surface area contributed by atoms with Crippen LogP contribution in [0, 0.1) is 5.41 Å². The lowest BCUT2D eigenvalue weighted by molar-refractivity contribution is 0.0819. The third-order valence-electron chi connectivity index (χ3n) is 9.01. The molecule has 0 atom stereocenters. The van der Waals surface area contributed by atoms with Crippen LogP contribution >= 0.6 is 0 Å². The van der Waals surface area contributed by atoms with Gasteiger partial charge in [-0.25, -0.2) is 0 Å². The van der Waals surface area contributed by atoms with Crippen molar-refractivity contribution in [3.8, 4) is 0 Å². The smallest absolute Gasteiger partial charge is 0.0605 e. The largest absolute Gasteiger partial charge is 0.381 e. The summed E-state index contributed by atoms with van der Waals surface area (Å²) in [4.78, 5) is 5.25. The first-order valence-electron chi connectivity index (χ1n) is 13.1. The van der Waals surface area contributed by atoms with E-state index in [-0.39, 0.29) is 0 Å². The molecule has 0 amide bonds. The van der Waals surface area contributed by atoms with Gasteiger partial charge in [0.25, 0.3) is 0 Å². The van der Waals surface area contributed by atoms with Crippen LogP contribution in [-0.2, 0) is 4.74 Å². The third-order valence-corrected chi connectivity index (χ3v) is 9.01. The summed E-state index contributed by atoms with van der Waals surface area (Å²) in [5.74, 6) is 0.744. The molecule has 1 spiro atoms. The van der Waals surface area contributed by atoms with Crippen molar-refractivity contribution >= 4 is 11.4 Å². The molecule has 0 aromatic heterocycles. The van der Waals surface area contributed by atoms with Crippen LogP contribution in [0.3, 0.4) is 0 Å². The summed E-state index contributed by atoms with van der Waals surface area (Å²) in [5, 5.41) is 3.53. The molecule has 4 fully saturated rings. The number of ether oxygens (including phenoxy) is 1. The summed E-state index contributed by atoms with van der Waals surface area (Å²) in [5.41, 5.74) is 5.32. The minimum atomic E-state index is 0.445. The maximum Gasteiger partial charge on any atom is 0.0605 e. The lowest BCUT2D eigenvalue weighted by atomic mass is 9.62. The van der Waals surface area contributed by atoms with Crippen molar-refractivity contribution in [2.75, 3.05) is 56.2 Å². The minimum absolute atomic E-state index is 0.445. The Morgan fingerprint density at radius 1 is 0.839 bits per heavy atom. The molecule has 1 N–H and O–H groups in total. The van der Waals surface area contributed by atoms with Crippen molar-refractivity contribution < 1.29 is 4.74 Å². The number of methoxy groups -OCH3 is 1. The van der Waals surface area contributed by atoms with Gasteiger partial charge in [0.1, 0.15) is 0 Å². The fraction of sp³-hybridized carbons (Fsp3) is 0.778. The van der Waals surface area contributed by atoms with Crippen LogP contribution in [0.5, 0.6) is 0 Å². The monoisotopic (exact) mass is 425 g/mol. The number of hydrogen-bond donors (Lipinski definition) is 1. The molecule has 2 saturated carbocycles. The van der Waals surface area contributed by atoms with E-state index in [1.807, 2.05) is 7.11 Å². The Hall–Kier alpha value is -1.26. The van der Waals surface area contributed by atoms with Gasteiger partial charge in [-0.3, -0.25) is 0 Å². The maximum atomic E-state index is 5.61. The van der Waals surface area contributed by atoms with Crippen LogP contribution in [-0.4, -0.2) is 52.5 Å². The highest BCUT2D eigenvalue weighted by atomic mass is 16.5. The third kappa shape index (κ3) is 4.75. The Kier molecular flexibility index (Phi) is 6.75. The summed E-state index contributed by atoms with van der Waals surface area (Å²) in [6, 6.07) is 7.46. The molecule has 5 rings (SSSR count). The summed E-state index contributed by atoms with van der Waals surface area (Å²) in [7, 11) is 1.86. The fourth-order valence-electron chi connectivity index (χ4n) is 6.95. The normalized spacial score (nSPS) is 25.8. The van der Waals surface area contributed by atoms with Gasteiger partial charge >= 0.3 is 0 Å². The quantitative estimate of drug-likeness (QED) is 0.707. The summed E-state index contributed by atoms with van der Waals surface area (Å²) >= 11 is 0. The number of anilines is 2.